The molecule has 2 heterocycles. The number of fused-ring (bicyclic) bond motifs is 1. The van der Waals surface area contributed by atoms with Crippen LogP contribution in [0.15, 0.2) is 20.4 Å². The summed E-state index contributed by atoms with van der Waals surface area (Å²) in [5.74, 6) is -1.50. The van der Waals surface area contributed by atoms with E-state index in [1.165, 1.54) is 9.48 Å². The van der Waals surface area contributed by atoms with Gasteiger partial charge in [-0.15, -0.1) is 0 Å². The predicted molar refractivity (Wildman–Crippen MR) is 68.7 cm³/mol. The zero-order valence-electron chi connectivity index (χ0n) is 10.8. The lowest BCUT2D eigenvalue weighted by molar-refractivity contribution is 0.0695. The Labute approximate surface area is 115 Å². The van der Waals surface area contributed by atoms with Crippen molar-refractivity contribution in [2.75, 3.05) is 13.2 Å². The molecule has 2 N–H and O–H groups in total. The summed E-state index contributed by atoms with van der Waals surface area (Å²) in [6, 6.07) is 1.02. The number of carbonyl (C=O) groups is 1. The average molecular weight is 293 g/mol. The molecule has 0 saturated heterocycles. The third-order valence-corrected chi connectivity index (χ3v) is 3.35. The van der Waals surface area contributed by atoms with Gasteiger partial charge in [-0.3, -0.25) is 19.5 Å². The topological polar surface area (TPSA) is 123 Å². The van der Waals surface area contributed by atoms with Crippen LogP contribution in [-0.4, -0.2) is 38.9 Å². The minimum Gasteiger partial charge on any atom is -0.478 e. The number of ether oxygens (including phenoxy) is 1. The molecule has 0 aromatic heterocycles. The standard InChI is InChI=1S/C12H11N3O6/c16-9-6(12(19)20)5-7-8(10(9)17)11(18)14-1-3-21-4-2-15(14)13-7/h5,13H,1-4H2,(H,19,20). The fourth-order valence-electron chi connectivity index (χ4n) is 2.34. The third-order valence-electron chi connectivity index (χ3n) is 3.35. The van der Waals surface area contributed by atoms with Gasteiger partial charge in [-0.2, -0.15) is 0 Å². The molecule has 21 heavy (non-hydrogen) atoms. The second kappa shape index (κ2) is 4.70. The Morgan fingerprint density at radius 3 is 2.62 bits per heavy atom. The minimum atomic E-state index is -1.50. The van der Waals surface area contributed by atoms with Gasteiger partial charge >= 0.3 is 5.97 Å². The number of aromatic amines is 1. The fourth-order valence-corrected chi connectivity index (χ4v) is 2.34. The molecule has 3 aliphatic rings. The first-order valence-electron chi connectivity index (χ1n) is 6.22. The predicted octanol–water partition coefficient (Wildman–Crippen LogP) is -1.85. The monoisotopic (exact) mass is 293 g/mol. The Morgan fingerprint density at radius 1 is 1.19 bits per heavy atom. The highest BCUT2D eigenvalue weighted by molar-refractivity contribution is 5.87. The lowest BCUT2D eigenvalue weighted by atomic mass is 10.2. The van der Waals surface area contributed by atoms with Crippen LogP contribution in [0.2, 0.25) is 0 Å². The van der Waals surface area contributed by atoms with Crippen molar-refractivity contribution in [3.05, 3.63) is 53.0 Å². The molecule has 3 rings (SSSR count). The molecule has 0 bridgehead atoms. The van der Waals surface area contributed by atoms with Gasteiger partial charge in [-0.1, -0.05) is 0 Å². The van der Waals surface area contributed by atoms with E-state index in [9.17, 15) is 19.2 Å². The summed E-state index contributed by atoms with van der Waals surface area (Å²) in [7, 11) is 0. The Hall–Kier alpha value is -2.68. The molecule has 9 heteroatoms. The number of nitrogens with zero attached hydrogens (tertiary/aromatic N) is 2. The van der Waals surface area contributed by atoms with Crippen LogP contribution in [0.1, 0.15) is 10.4 Å². The summed E-state index contributed by atoms with van der Waals surface area (Å²) in [5.41, 5.74) is -3.57. The largest absolute Gasteiger partial charge is 0.478 e. The molecule has 0 fully saturated rings. The third kappa shape index (κ3) is 1.98. The molecule has 2 aliphatic heterocycles. The summed E-state index contributed by atoms with van der Waals surface area (Å²) in [6.07, 6.45) is 0. The van der Waals surface area contributed by atoms with Crippen molar-refractivity contribution in [2.45, 2.75) is 13.1 Å². The van der Waals surface area contributed by atoms with Crippen molar-refractivity contribution in [1.29, 1.82) is 0 Å². The lowest BCUT2D eigenvalue weighted by Gasteiger charge is -2.12. The van der Waals surface area contributed by atoms with E-state index >= 15 is 0 Å². The van der Waals surface area contributed by atoms with Gasteiger partial charge in [0.2, 0.25) is 10.9 Å². The zero-order valence-corrected chi connectivity index (χ0v) is 10.8. The zero-order chi connectivity index (χ0) is 15.1. The maximum atomic E-state index is 12.4. The summed E-state index contributed by atoms with van der Waals surface area (Å²) in [4.78, 5) is 48.5. The Morgan fingerprint density at radius 2 is 1.90 bits per heavy atom. The van der Waals surface area contributed by atoms with Crippen molar-refractivity contribution in [3.8, 4) is 0 Å². The molecule has 0 unspecified atom stereocenters. The second-order valence-corrected chi connectivity index (χ2v) is 4.59. The molecule has 0 saturated carbocycles. The van der Waals surface area contributed by atoms with E-state index in [0.29, 0.717) is 19.8 Å². The second-order valence-electron chi connectivity index (χ2n) is 4.59. The summed E-state index contributed by atoms with van der Waals surface area (Å²) in [6.45, 7) is 1.27. The van der Waals surface area contributed by atoms with E-state index in [-0.39, 0.29) is 17.1 Å². The number of hydrogen-bond acceptors (Lipinski definition) is 5. The van der Waals surface area contributed by atoms with Gasteiger partial charge in [0, 0.05) is 0 Å². The summed E-state index contributed by atoms with van der Waals surface area (Å²) >= 11 is 0. The van der Waals surface area contributed by atoms with Crippen LogP contribution >= 0.6 is 0 Å². The van der Waals surface area contributed by atoms with Crippen LogP contribution < -0.4 is 16.4 Å². The van der Waals surface area contributed by atoms with Crippen LogP contribution in [-0.2, 0) is 17.8 Å². The van der Waals surface area contributed by atoms with Gasteiger partial charge in [0.15, 0.2) is 0 Å². The van der Waals surface area contributed by atoms with Gasteiger partial charge in [0.25, 0.3) is 5.56 Å². The number of carboxylic acids is 1. The van der Waals surface area contributed by atoms with Crippen molar-refractivity contribution in [3.63, 3.8) is 0 Å². The molecule has 0 aromatic rings. The average Bonchev–Trinajstić information content (AvgIpc) is 2.67. The molecule has 0 radical (unpaired) electrons. The minimum absolute atomic E-state index is 0.0279. The van der Waals surface area contributed by atoms with E-state index < -0.39 is 27.9 Å². The first-order valence-corrected chi connectivity index (χ1v) is 6.22. The van der Waals surface area contributed by atoms with Gasteiger partial charge in [-0.05, 0) is 6.07 Å². The molecule has 110 valence electrons. The lowest BCUT2D eigenvalue weighted by Crippen LogP contribution is -2.40. The highest BCUT2D eigenvalue weighted by Gasteiger charge is 2.17. The molecule has 1 aliphatic carbocycles. The summed E-state index contributed by atoms with van der Waals surface area (Å²) in [5, 5.41) is 11.4. The van der Waals surface area contributed by atoms with Crippen LogP contribution in [0, 0.1) is 10.6 Å². The normalized spacial score (nSPS) is 14.7. The molecule has 9 nitrogen and oxygen atoms in total. The number of rotatable bonds is 1. The highest BCUT2D eigenvalue weighted by Crippen LogP contribution is 1.96. The summed E-state index contributed by atoms with van der Waals surface area (Å²) < 4.78 is 6.51. The van der Waals surface area contributed by atoms with E-state index in [1.54, 1.807) is 0 Å². The Balaban J connectivity index is 2.52. The van der Waals surface area contributed by atoms with E-state index in [4.69, 9.17) is 9.84 Å². The van der Waals surface area contributed by atoms with E-state index in [1.807, 2.05) is 0 Å². The maximum absolute atomic E-state index is 12.4. The number of nitrogens with one attached hydrogen (secondary N) is 1. The van der Waals surface area contributed by atoms with Gasteiger partial charge < -0.3 is 9.84 Å². The Kier molecular flexibility index (Phi) is 2.98. The van der Waals surface area contributed by atoms with Crippen molar-refractivity contribution < 1.29 is 14.6 Å². The number of hydrogen-bond donors (Lipinski definition) is 2. The number of carboxylic acid groups (broad SMARTS) is 1. The molecular formula is C12H11N3O6. The van der Waals surface area contributed by atoms with Gasteiger partial charge in [0.1, 0.15) is 10.8 Å². The molecule has 0 amide bonds. The van der Waals surface area contributed by atoms with E-state index in [2.05, 4.69) is 5.10 Å². The fraction of sp³-hybridized carbons (Fsp3) is 0.333. The van der Waals surface area contributed by atoms with Crippen molar-refractivity contribution >= 4 is 5.97 Å². The highest BCUT2D eigenvalue weighted by atomic mass is 16.5. The quantitative estimate of drug-likeness (QED) is 0.595. The van der Waals surface area contributed by atoms with Crippen LogP contribution in [0.3, 0.4) is 0 Å². The van der Waals surface area contributed by atoms with Crippen molar-refractivity contribution in [1.82, 2.24) is 14.6 Å². The van der Waals surface area contributed by atoms with Crippen LogP contribution in [0.5, 0.6) is 0 Å². The molecule has 0 spiro atoms. The van der Waals surface area contributed by atoms with E-state index in [0.717, 1.165) is 6.07 Å². The smallest absolute Gasteiger partial charge is 0.339 e. The van der Waals surface area contributed by atoms with Gasteiger partial charge in [-0.25, -0.2) is 14.3 Å². The first kappa shape index (κ1) is 13.3. The first-order chi connectivity index (χ1) is 10.0. The number of aromatic nitrogens is 3. The van der Waals surface area contributed by atoms with Crippen molar-refractivity contribution in [2.24, 2.45) is 0 Å². The van der Waals surface area contributed by atoms with Crippen LogP contribution in [0.4, 0.5) is 0 Å². The molecular weight excluding hydrogens is 282 g/mol. The SMILES string of the molecule is O=C(O)c1cc2[nH]n3n(c(=O)c=2c(=O)c1=O)CCOCC3. The number of H-pyrrole nitrogens is 1. The molecule has 0 atom stereocenters. The van der Waals surface area contributed by atoms with Gasteiger partial charge in [0.05, 0.1) is 31.7 Å². The Bertz CT molecular complexity index is 967. The number of aromatic carboxylic acids is 1. The van der Waals surface area contributed by atoms with Crippen LogP contribution in [0.25, 0.3) is 0 Å². The molecule has 0 aromatic carbocycles. The maximum Gasteiger partial charge on any atom is 0.339 e.